The molecular weight excluding hydrogens is 338 g/mol. The number of nitrogens with one attached hydrogen (secondary N) is 1. The van der Waals surface area contributed by atoms with E-state index >= 15 is 0 Å². The molecule has 2 aromatic rings. The molecule has 0 unspecified atom stereocenters. The van der Waals surface area contributed by atoms with Gasteiger partial charge in [-0.2, -0.15) is 0 Å². The van der Waals surface area contributed by atoms with E-state index in [1.54, 1.807) is 6.07 Å². The van der Waals surface area contributed by atoms with Crippen molar-refractivity contribution in [1.29, 1.82) is 0 Å². The van der Waals surface area contributed by atoms with Crippen molar-refractivity contribution in [3.05, 3.63) is 62.1 Å². The van der Waals surface area contributed by atoms with Crippen LogP contribution in [0.15, 0.2) is 34.8 Å². The smallest absolute Gasteiger partial charge is 0.255 e. The summed E-state index contributed by atoms with van der Waals surface area (Å²) in [6.45, 7) is 5.85. The van der Waals surface area contributed by atoms with E-state index in [9.17, 15) is 4.79 Å². The molecule has 2 rings (SSSR count). The van der Waals surface area contributed by atoms with Gasteiger partial charge in [0.25, 0.3) is 5.91 Å². The largest absolute Gasteiger partial charge is 0.322 e. The quantitative estimate of drug-likeness (QED) is 0.782. The van der Waals surface area contributed by atoms with Crippen LogP contribution in [0, 0.1) is 20.8 Å². The minimum absolute atomic E-state index is 0.149. The van der Waals surface area contributed by atoms with Crippen LogP contribution in [0.4, 0.5) is 5.69 Å². The minimum atomic E-state index is -0.149. The predicted molar refractivity (Wildman–Crippen MR) is 87.8 cm³/mol. The van der Waals surface area contributed by atoms with Crippen molar-refractivity contribution in [3.63, 3.8) is 0 Å². The Labute approximate surface area is 132 Å². The third kappa shape index (κ3) is 3.41. The lowest BCUT2D eigenvalue weighted by Gasteiger charge is -2.13. The Balaban J connectivity index is 2.32. The summed E-state index contributed by atoms with van der Waals surface area (Å²) < 4.78 is 1.00. The van der Waals surface area contributed by atoms with Crippen molar-refractivity contribution in [2.24, 2.45) is 0 Å². The van der Waals surface area contributed by atoms with Crippen molar-refractivity contribution < 1.29 is 4.79 Å². The molecule has 104 valence electrons. The van der Waals surface area contributed by atoms with Crippen LogP contribution in [0.3, 0.4) is 0 Å². The van der Waals surface area contributed by atoms with Crippen LogP contribution in [0.2, 0.25) is 5.02 Å². The van der Waals surface area contributed by atoms with Crippen LogP contribution in [0.5, 0.6) is 0 Å². The van der Waals surface area contributed by atoms with Gasteiger partial charge in [-0.25, -0.2) is 0 Å². The summed E-state index contributed by atoms with van der Waals surface area (Å²) in [5, 5.41) is 3.53. The fourth-order valence-electron chi connectivity index (χ4n) is 2.16. The lowest BCUT2D eigenvalue weighted by Crippen LogP contribution is -2.14. The first-order valence-corrected chi connectivity index (χ1v) is 7.39. The molecule has 0 atom stereocenters. The number of carbonyl (C=O) groups is 1. The number of hydrogen-bond donors (Lipinski definition) is 1. The summed E-state index contributed by atoms with van der Waals surface area (Å²) in [4.78, 5) is 12.3. The molecule has 2 aromatic carbocycles. The molecule has 0 fully saturated rings. The first-order valence-electron chi connectivity index (χ1n) is 6.22. The zero-order chi connectivity index (χ0) is 14.9. The molecular formula is C16H15BrClNO. The van der Waals surface area contributed by atoms with E-state index in [1.807, 2.05) is 45.0 Å². The van der Waals surface area contributed by atoms with Gasteiger partial charge in [-0.15, -0.1) is 0 Å². The van der Waals surface area contributed by atoms with Crippen LogP contribution in [-0.4, -0.2) is 5.91 Å². The highest BCUT2D eigenvalue weighted by Crippen LogP contribution is 2.26. The van der Waals surface area contributed by atoms with Gasteiger partial charge in [0, 0.05) is 20.7 Å². The molecule has 0 aliphatic carbocycles. The summed E-state index contributed by atoms with van der Waals surface area (Å²) in [6.07, 6.45) is 0. The standard InChI is InChI=1S/C16H15BrClNO/c1-9-4-12(8-14(18)5-9)16(20)19-15-10(2)6-13(17)7-11(15)3/h4-8H,1-3H3,(H,19,20). The highest BCUT2D eigenvalue weighted by molar-refractivity contribution is 9.10. The molecule has 0 aliphatic heterocycles. The van der Waals surface area contributed by atoms with Gasteiger partial charge in [-0.1, -0.05) is 27.5 Å². The molecule has 0 aliphatic rings. The molecule has 1 amide bonds. The van der Waals surface area contributed by atoms with Crippen molar-refractivity contribution in [3.8, 4) is 0 Å². The molecule has 1 N–H and O–H groups in total. The van der Waals surface area contributed by atoms with Crippen LogP contribution in [-0.2, 0) is 0 Å². The van der Waals surface area contributed by atoms with Crippen molar-refractivity contribution >= 4 is 39.1 Å². The maximum atomic E-state index is 12.3. The van der Waals surface area contributed by atoms with Gasteiger partial charge in [-0.3, -0.25) is 4.79 Å². The SMILES string of the molecule is Cc1cc(Cl)cc(C(=O)Nc2c(C)cc(Br)cc2C)c1. The zero-order valence-corrected chi connectivity index (χ0v) is 13.9. The molecule has 4 heteroatoms. The summed E-state index contributed by atoms with van der Waals surface area (Å²) >= 11 is 9.44. The van der Waals surface area contributed by atoms with Crippen molar-refractivity contribution in [1.82, 2.24) is 0 Å². The Hall–Kier alpha value is -1.32. The molecule has 0 aromatic heterocycles. The van der Waals surface area contributed by atoms with E-state index < -0.39 is 0 Å². The number of halogens is 2. The topological polar surface area (TPSA) is 29.1 Å². The first-order chi connectivity index (χ1) is 9.36. The normalized spacial score (nSPS) is 10.4. The van der Waals surface area contributed by atoms with Crippen LogP contribution in [0.1, 0.15) is 27.0 Å². The van der Waals surface area contributed by atoms with Crippen LogP contribution >= 0.6 is 27.5 Å². The third-order valence-corrected chi connectivity index (χ3v) is 3.72. The maximum Gasteiger partial charge on any atom is 0.255 e. The van der Waals surface area contributed by atoms with Gasteiger partial charge in [0.15, 0.2) is 0 Å². The Bertz CT molecular complexity index is 639. The molecule has 0 heterocycles. The second-order valence-electron chi connectivity index (χ2n) is 4.89. The molecule has 0 saturated heterocycles. The summed E-state index contributed by atoms with van der Waals surface area (Å²) in [5.74, 6) is -0.149. The lowest BCUT2D eigenvalue weighted by atomic mass is 10.1. The zero-order valence-electron chi connectivity index (χ0n) is 11.6. The van der Waals surface area contributed by atoms with E-state index in [2.05, 4.69) is 21.2 Å². The maximum absolute atomic E-state index is 12.3. The number of benzene rings is 2. The molecule has 0 spiro atoms. The third-order valence-electron chi connectivity index (χ3n) is 3.04. The number of aryl methyl sites for hydroxylation is 3. The Morgan fingerprint density at radius 2 is 1.65 bits per heavy atom. The van der Waals surface area contributed by atoms with E-state index in [0.717, 1.165) is 26.9 Å². The fraction of sp³-hybridized carbons (Fsp3) is 0.188. The fourth-order valence-corrected chi connectivity index (χ4v) is 3.14. The van der Waals surface area contributed by atoms with Gasteiger partial charge < -0.3 is 5.32 Å². The van der Waals surface area contributed by atoms with Crippen molar-refractivity contribution in [2.75, 3.05) is 5.32 Å². The minimum Gasteiger partial charge on any atom is -0.322 e. The van der Waals surface area contributed by atoms with E-state index in [1.165, 1.54) is 0 Å². The predicted octanol–water partition coefficient (Wildman–Crippen LogP) is 5.28. The average molecular weight is 353 g/mol. The van der Waals surface area contributed by atoms with E-state index in [0.29, 0.717) is 10.6 Å². The van der Waals surface area contributed by atoms with E-state index in [-0.39, 0.29) is 5.91 Å². The van der Waals surface area contributed by atoms with E-state index in [4.69, 9.17) is 11.6 Å². The molecule has 2 nitrogen and oxygen atoms in total. The number of amides is 1. The molecule has 0 radical (unpaired) electrons. The monoisotopic (exact) mass is 351 g/mol. The summed E-state index contributed by atoms with van der Waals surface area (Å²) in [5.41, 5.74) is 4.41. The number of anilines is 1. The second-order valence-corrected chi connectivity index (χ2v) is 6.24. The highest BCUT2D eigenvalue weighted by atomic mass is 79.9. The van der Waals surface area contributed by atoms with Gasteiger partial charge in [0.2, 0.25) is 0 Å². The van der Waals surface area contributed by atoms with Crippen LogP contribution < -0.4 is 5.32 Å². The average Bonchev–Trinajstić information content (AvgIpc) is 2.32. The molecule has 0 bridgehead atoms. The second kappa shape index (κ2) is 5.98. The first kappa shape index (κ1) is 15.1. The Morgan fingerprint density at radius 1 is 1.05 bits per heavy atom. The molecule has 0 saturated carbocycles. The summed E-state index contributed by atoms with van der Waals surface area (Å²) in [7, 11) is 0. The number of hydrogen-bond acceptors (Lipinski definition) is 1. The van der Waals surface area contributed by atoms with Gasteiger partial charge in [0.05, 0.1) is 0 Å². The number of rotatable bonds is 2. The lowest BCUT2D eigenvalue weighted by molar-refractivity contribution is 0.102. The Morgan fingerprint density at radius 3 is 2.20 bits per heavy atom. The molecule has 20 heavy (non-hydrogen) atoms. The van der Waals surface area contributed by atoms with Gasteiger partial charge in [-0.05, 0) is 67.8 Å². The van der Waals surface area contributed by atoms with Gasteiger partial charge in [0.1, 0.15) is 0 Å². The van der Waals surface area contributed by atoms with Crippen molar-refractivity contribution in [2.45, 2.75) is 20.8 Å². The summed E-state index contributed by atoms with van der Waals surface area (Å²) in [6, 6.07) is 9.28. The van der Waals surface area contributed by atoms with Crippen LogP contribution in [0.25, 0.3) is 0 Å². The highest BCUT2D eigenvalue weighted by Gasteiger charge is 2.11. The van der Waals surface area contributed by atoms with Gasteiger partial charge >= 0.3 is 0 Å². The number of carbonyl (C=O) groups excluding carboxylic acids is 1. The Kier molecular flexibility index (Phi) is 4.51.